The molecule has 1 N–H and O–H groups in total. The van der Waals surface area contributed by atoms with Crippen LogP contribution in [0.5, 0.6) is 0 Å². The molecule has 0 aliphatic carbocycles. The molecular formula is C19H28N4O3S. The van der Waals surface area contributed by atoms with E-state index in [2.05, 4.69) is 15.0 Å². The molecule has 0 atom stereocenters. The third-order valence-electron chi connectivity index (χ3n) is 5.14. The van der Waals surface area contributed by atoms with Gasteiger partial charge in [-0.3, -0.25) is 4.68 Å². The Morgan fingerprint density at radius 2 is 1.89 bits per heavy atom. The average molecular weight is 393 g/mol. The summed E-state index contributed by atoms with van der Waals surface area (Å²) >= 11 is 0. The molecule has 1 fully saturated rings. The summed E-state index contributed by atoms with van der Waals surface area (Å²) in [5.41, 5.74) is 2.12. The highest BCUT2D eigenvalue weighted by molar-refractivity contribution is 7.92. The first-order valence-corrected chi connectivity index (χ1v) is 10.8. The average Bonchev–Trinajstić information content (AvgIpc) is 3.10. The highest BCUT2D eigenvalue weighted by atomic mass is 32.2. The van der Waals surface area contributed by atoms with Crippen LogP contribution < -0.4 is 4.90 Å². The molecule has 0 saturated carbocycles. The smallest absolute Gasteiger partial charge is 0.200 e. The monoisotopic (exact) mass is 392 g/mol. The van der Waals surface area contributed by atoms with Crippen LogP contribution in [0.25, 0.3) is 0 Å². The largest absolute Gasteiger partial charge is 0.394 e. The van der Waals surface area contributed by atoms with Gasteiger partial charge < -0.3 is 10.0 Å². The van der Waals surface area contributed by atoms with Gasteiger partial charge >= 0.3 is 0 Å². The van der Waals surface area contributed by atoms with Crippen molar-refractivity contribution >= 4 is 15.5 Å². The molecule has 27 heavy (non-hydrogen) atoms. The summed E-state index contributed by atoms with van der Waals surface area (Å²) in [4.78, 5) is 6.47. The molecule has 0 aromatic carbocycles. The predicted molar refractivity (Wildman–Crippen MR) is 105 cm³/mol. The molecule has 1 aliphatic heterocycles. The van der Waals surface area contributed by atoms with E-state index >= 15 is 0 Å². The number of aromatic nitrogens is 3. The van der Waals surface area contributed by atoms with Gasteiger partial charge in [0.15, 0.2) is 14.9 Å². The van der Waals surface area contributed by atoms with Gasteiger partial charge in [0.05, 0.1) is 29.8 Å². The molecule has 1 saturated heterocycles. The number of piperidine rings is 1. The van der Waals surface area contributed by atoms with Gasteiger partial charge in [-0.15, -0.1) is 0 Å². The van der Waals surface area contributed by atoms with Crippen LogP contribution in [0.4, 0.5) is 5.69 Å². The summed E-state index contributed by atoms with van der Waals surface area (Å²) in [6.45, 7) is 7.42. The van der Waals surface area contributed by atoms with Gasteiger partial charge in [0.2, 0.25) is 0 Å². The lowest BCUT2D eigenvalue weighted by molar-refractivity contribution is 0.265. The van der Waals surface area contributed by atoms with E-state index < -0.39 is 14.6 Å². The minimum absolute atomic E-state index is 0.0863. The molecule has 0 spiro atoms. The molecule has 1 aliphatic rings. The molecule has 3 heterocycles. The third kappa shape index (κ3) is 4.01. The standard InChI is InChI=1S/C19H28N4O3S/c1-19(2,3)27(25,26)18-5-4-16(14-20-18)22-10-7-15(8-11-22)17-6-9-21-23(17)12-13-24/h4-6,9,14-15,24H,7-8,10-13H2,1-3H3. The number of pyridine rings is 1. The van der Waals surface area contributed by atoms with Gasteiger partial charge in [0.1, 0.15) is 0 Å². The zero-order valence-corrected chi connectivity index (χ0v) is 17.0. The first-order valence-electron chi connectivity index (χ1n) is 9.32. The van der Waals surface area contributed by atoms with E-state index in [4.69, 9.17) is 5.11 Å². The highest BCUT2D eigenvalue weighted by Crippen LogP contribution is 2.31. The highest BCUT2D eigenvalue weighted by Gasteiger charge is 2.32. The van der Waals surface area contributed by atoms with Crippen LogP contribution in [0.15, 0.2) is 35.6 Å². The number of aliphatic hydroxyl groups excluding tert-OH is 1. The van der Waals surface area contributed by atoms with Gasteiger partial charge in [-0.05, 0) is 51.8 Å². The van der Waals surface area contributed by atoms with Crippen molar-refractivity contribution in [3.05, 3.63) is 36.3 Å². The maximum Gasteiger partial charge on any atom is 0.200 e. The van der Waals surface area contributed by atoms with E-state index in [1.807, 2.05) is 16.8 Å². The topological polar surface area (TPSA) is 88.3 Å². The number of rotatable bonds is 5. The molecule has 8 heteroatoms. The van der Waals surface area contributed by atoms with Crippen molar-refractivity contribution in [2.45, 2.75) is 55.8 Å². The second-order valence-corrected chi connectivity index (χ2v) is 10.6. The Labute approximate surface area is 161 Å². The van der Waals surface area contributed by atoms with Crippen LogP contribution >= 0.6 is 0 Å². The molecule has 0 amide bonds. The fourth-order valence-corrected chi connectivity index (χ4v) is 4.50. The summed E-state index contributed by atoms with van der Waals surface area (Å²) in [7, 11) is -3.43. The van der Waals surface area contributed by atoms with Crippen LogP contribution in [-0.2, 0) is 16.4 Å². The number of anilines is 1. The first kappa shape index (κ1) is 19.8. The lowest BCUT2D eigenvalue weighted by Gasteiger charge is -2.33. The summed E-state index contributed by atoms with van der Waals surface area (Å²) in [5.74, 6) is 0.420. The van der Waals surface area contributed by atoms with Crippen molar-refractivity contribution in [2.75, 3.05) is 24.6 Å². The van der Waals surface area contributed by atoms with Crippen molar-refractivity contribution in [1.82, 2.24) is 14.8 Å². The first-order chi connectivity index (χ1) is 12.7. The van der Waals surface area contributed by atoms with Crippen molar-refractivity contribution < 1.29 is 13.5 Å². The minimum Gasteiger partial charge on any atom is -0.394 e. The molecule has 148 valence electrons. The van der Waals surface area contributed by atoms with E-state index in [9.17, 15) is 8.42 Å². The summed E-state index contributed by atoms with van der Waals surface area (Å²) < 4.78 is 26.0. The molecule has 2 aromatic rings. The van der Waals surface area contributed by atoms with E-state index in [-0.39, 0.29) is 11.6 Å². The molecule has 2 aromatic heterocycles. The van der Waals surface area contributed by atoms with Crippen LogP contribution in [0.3, 0.4) is 0 Å². The van der Waals surface area contributed by atoms with Crippen LogP contribution in [0.2, 0.25) is 0 Å². The second-order valence-electron chi connectivity index (χ2n) is 7.93. The molecule has 3 rings (SSSR count). The second kappa shape index (κ2) is 7.59. The van der Waals surface area contributed by atoms with E-state index in [0.717, 1.165) is 31.6 Å². The summed E-state index contributed by atoms with van der Waals surface area (Å²) in [6.07, 6.45) is 5.42. The number of hydrogen-bond donors (Lipinski definition) is 1. The fraction of sp³-hybridized carbons (Fsp3) is 0.579. The van der Waals surface area contributed by atoms with Gasteiger partial charge in [-0.25, -0.2) is 13.4 Å². The van der Waals surface area contributed by atoms with Gasteiger partial charge in [0.25, 0.3) is 0 Å². The van der Waals surface area contributed by atoms with Crippen molar-refractivity contribution in [3.63, 3.8) is 0 Å². The van der Waals surface area contributed by atoms with Crippen LogP contribution in [0.1, 0.15) is 45.2 Å². The Morgan fingerprint density at radius 3 is 2.44 bits per heavy atom. The van der Waals surface area contributed by atoms with E-state index in [0.29, 0.717) is 12.5 Å². The molecule has 0 unspecified atom stereocenters. The lowest BCUT2D eigenvalue weighted by Crippen LogP contribution is -2.34. The van der Waals surface area contributed by atoms with E-state index in [1.165, 1.54) is 5.69 Å². The zero-order valence-electron chi connectivity index (χ0n) is 16.2. The van der Waals surface area contributed by atoms with Crippen molar-refractivity contribution in [3.8, 4) is 0 Å². The minimum atomic E-state index is -3.43. The number of aliphatic hydroxyl groups is 1. The predicted octanol–water partition coefficient (Wildman–Crippen LogP) is 2.23. The SMILES string of the molecule is CC(C)(C)S(=O)(=O)c1ccc(N2CCC(c3ccnn3CCO)CC2)cn1. The summed E-state index contributed by atoms with van der Waals surface area (Å²) in [5, 5.41) is 13.6. The maximum atomic E-state index is 12.5. The molecular weight excluding hydrogens is 364 g/mol. The quantitative estimate of drug-likeness (QED) is 0.839. The van der Waals surface area contributed by atoms with Gasteiger partial charge in [-0.2, -0.15) is 5.10 Å². The fourth-order valence-electron chi connectivity index (χ4n) is 3.44. The number of nitrogens with zero attached hydrogens (tertiary/aromatic N) is 4. The lowest BCUT2D eigenvalue weighted by atomic mass is 9.93. The number of hydrogen-bond acceptors (Lipinski definition) is 6. The zero-order chi connectivity index (χ0) is 19.7. The summed E-state index contributed by atoms with van der Waals surface area (Å²) in [6, 6.07) is 5.49. The Bertz CT molecular complexity index is 861. The van der Waals surface area contributed by atoms with Crippen LogP contribution in [-0.4, -0.2) is 52.7 Å². The Balaban J connectivity index is 1.67. The molecule has 7 nitrogen and oxygen atoms in total. The van der Waals surface area contributed by atoms with Crippen LogP contribution in [0, 0.1) is 0 Å². The van der Waals surface area contributed by atoms with Crippen molar-refractivity contribution in [2.24, 2.45) is 0 Å². The number of sulfone groups is 1. The Hall–Kier alpha value is -1.93. The van der Waals surface area contributed by atoms with E-state index in [1.54, 1.807) is 39.2 Å². The molecule has 0 radical (unpaired) electrons. The van der Waals surface area contributed by atoms with Gasteiger partial charge in [-0.1, -0.05) is 0 Å². The molecule has 0 bridgehead atoms. The Morgan fingerprint density at radius 1 is 1.19 bits per heavy atom. The Kier molecular flexibility index (Phi) is 5.58. The van der Waals surface area contributed by atoms with Crippen molar-refractivity contribution in [1.29, 1.82) is 0 Å². The third-order valence-corrected chi connectivity index (χ3v) is 7.55. The van der Waals surface area contributed by atoms with Gasteiger partial charge in [0, 0.05) is 30.9 Å². The maximum absolute atomic E-state index is 12.5. The normalized spacial score (nSPS) is 16.7.